The first-order valence-corrected chi connectivity index (χ1v) is 10.1. The topological polar surface area (TPSA) is 54.5 Å². The van der Waals surface area contributed by atoms with Gasteiger partial charge in [0.2, 0.25) is 0 Å². The van der Waals surface area contributed by atoms with Gasteiger partial charge in [-0.05, 0) is 43.4 Å². The van der Waals surface area contributed by atoms with Crippen molar-refractivity contribution in [3.05, 3.63) is 39.8 Å². The molecule has 3 aromatic rings. The molecule has 0 amide bonds. The van der Waals surface area contributed by atoms with Crippen molar-refractivity contribution in [3.63, 3.8) is 0 Å². The summed E-state index contributed by atoms with van der Waals surface area (Å²) in [6.07, 6.45) is 5.68. The third-order valence-corrected chi connectivity index (χ3v) is 5.70. The van der Waals surface area contributed by atoms with Gasteiger partial charge in [-0.15, -0.1) is 5.10 Å². The second-order valence-electron chi connectivity index (χ2n) is 7.05. The maximum atomic E-state index is 6.43. The number of halogens is 2. The molecule has 0 aliphatic heterocycles. The lowest BCUT2D eigenvalue weighted by molar-refractivity contribution is 0.535. The average Bonchev–Trinajstić information content (AvgIpc) is 3.37. The van der Waals surface area contributed by atoms with Crippen LogP contribution in [0.15, 0.2) is 18.2 Å². The third kappa shape index (κ3) is 3.21. The lowest BCUT2D eigenvalue weighted by atomic mass is 9.93. The van der Waals surface area contributed by atoms with E-state index in [0.717, 1.165) is 53.3 Å². The Morgan fingerprint density at radius 1 is 1.19 bits per heavy atom. The van der Waals surface area contributed by atoms with E-state index in [4.69, 9.17) is 28.2 Å². The van der Waals surface area contributed by atoms with Gasteiger partial charge in [0.05, 0.1) is 16.2 Å². The molecule has 1 aliphatic rings. The van der Waals surface area contributed by atoms with E-state index in [2.05, 4.69) is 29.0 Å². The Kier molecular flexibility index (Phi) is 4.89. The summed E-state index contributed by atoms with van der Waals surface area (Å²) >= 11 is 12.5. The fraction of sp³-hybridized carbons (Fsp3) is 0.450. The predicted molar refractivity (Wildman–Crippen MR) is 107 cm³/mol. The number of imidazole rings is 1. The normalized spacial score (nSPS) is 15.5. The van der Waals surface area contributed by atoms with Gasteiger partial charge in [0, 0.05) is 22.9 Å². The molecule has 1 aromatic carbocycles. The van der Waals surface area contributed by atoms with Crippen LogP contribution in [0.25, 0.3) is 22.3 Å². The van der Waals surface area contributed by atoms with E-state index < -0.39 is 0 Å². The Bertz CT molecular complexity index is 946. The number of nitrogens with zero attached hydrogens (tertiary/aromatic N) is 3. The van der Waals surface area contributed by atoms with Gasteiger partial charge >= 0.3 is 0 Å². The van der Waals surface area contributed by atoms with Crippen molar-refractivity contribution in [1.29, 1.82) is 0 Å². The van der Waals surface area contributed by atoms with E-state index in [0.29, 0.717) is 21.7 Å². The highest BCUT2D eigenvalue weighted by Gasteiger charge is 2.35. The lowest BCUT2D eigenvalue weighted by Gasteiger charge is -2.15. The predicted octanol–water partition coefficient (Wildman–Crippen LogP) is 6.18. The highest BCUT2D eigenvalue weighted by molar-refractivity contribution is 6.36. The third-order valence-electron chi connectivity index (χ3n) is 5.15. The van der Waals surface area contributed by atoms with Crippen LogP contribution in [0.1, 0.15) is 57.0 Å². The van der Waals surface area contributed by atoms with Crippen LogP contribution < -0.4 is 0 Å². The van der Waals surface area contributed by atoms with Crippen molar-refractivity contribution >= 4 is 34.2 Å². The molecule has 0 saturated heterocycles. The molecule has 1 N–H and O–H groups in total. The lowest BCUT2D eigenvalue weighted by Crippen LogP contribution is -2.07. The Hall–Kier alpha value is -1.65. The first kappa shape index (κ1) is 17.7. The molecular formula is C20H22Cl2N4. The van der Waals surface area contributed by atoms with Gasteiger partial charge in [0.25, 0.3) is 0 Å². The fourth-order valence-corrected chi connectivity index (χ4v) is 4.17. The summed E-state index contributed by atoms with van der Waals surface area (Å²) in [5, 5.41) is 10.4. The quantitative estimate of drug-likeness (QED) is 0.547. The Morgan fingerprint density at radius 3 is 2.65 bits per heavy atom. The van der Waals surface area contributed by atoms with Gasteiger partial charge in [0.15, 0.2) is 0 Å². The first-order chi connectivity index (χ1) is 12.6. The second-order valence-corrected chi connectivity index (χ2v) is 7.89. The molecule has 6 heteroatoms. The molecule has 4 nitrogen and oxygen atoms in total. The summed E-state index contributed by atoms with van der Waals surface area (Å²) in [5.74, 6) is 2.13. The van der Waals surface area contributed by atoms with Crippen LogP contribution >= 0.6 is 23.2 Å². The minimum atomic E-state index is 0.454. The molecule has 1 aliphatic carbocycles. The minimum Gasteiger partial charge on any atom is -0.340 e. The van der Waals surface area contributed by atoms with E-state index in [1.165, 1.54) is 12.8 Å². The number of aromatic nitrogens is 4. The first-order valence-electron chi connectivity index (χ1n) is 9.32. The molecule has 1 unspecified atom stereocenters. The number of hydrogen-bond donors (Lipinski definition) is 1. The van der Waals surface area contributed by atoms with Crippen molar-refractivity contribution < 1.29 is 0 Å². The molecule has 136 valence electrons. The van der Waals surface area contributed by atoms with Gasteiger partial charge in [-0.1, -0.05) is 43.5 Å². The number of rotatable bonds is 6. The van der Waals surface area contributed by atoms with Crippen molar-refractivity contribution in [2.24, 2.45) is 5.92 Å². The number of fused-ring (bicyclic) bond motifs is 1. The van der Waals surface area contributed by atoms with Gasteiger partial charge in [-0.2, -0.15) is 5.10 Å². The number of H-pyrrole nitrogens is 1. The maximum Gasteiger partial charge on any atom is 0.122 e. The molecule has 0 bridgehead atoms. The van der Waals surface area contributed by atoms with E-state index in [1.807, 2.05) is 12.1 Å². The van der Waals surface area contributed by atoms with Crippen molar-refractivity contribution in [2.75, 3.05) is 0 Å². The van der Waals surface area contributed by atoms with E-state index in [1.54, 1.807) is 6.07 Å². The smallest absolute Gasteiger partial charge is 0.122 e. The number of hydrogen-bond acceptors (Lipinski definition) is 3. The molecular weight excluding hydrogens is 367 g/mol. The van der Waals surface area contributed by atoms with E-state index in [-0.39, 0.29) is 0 Å². The number of aryl methyl sites for hydroxylation is 1. The summed E-state index contributed by atoms with van der Waals surface area (Å²) in [6, 6.07) is 5.44. The van der Waals surface area contributed by atoms with Crippen LogP contribution in [-0.2, 0) is 6.42 Å². The number of nitrogens with one attached hydrogen (secondary N) is 1. The van der Waals surface area contributed by atoms with Crippen LogP contribution in [0.2, 0.25) is 10.0 Å². The summed E-state index contributed by atoms with van der Waals surface area (Å²) in [6.45, 7) is 4.32. The van der Waals surface area contributed by atoms with Gasteiger partial charge in [-0.3, -0.25) is 0 Å². The Labute approximate surface area is 163 Å². The number of benzene rings is 1. The van der Waals surface area contributed by atoms with Crippen molar-refractivity contribution in [2.45, 2.75) is 51.9 Å². The van der Waals surface area contributed by atoms with Crippen LogP contribution in [0.5, 0.6) is 0 Å². The SMILES string of the molecule is CCCC(c1nnc(-c2ccc(Cl)cc2Cl)c2nc(CC)[nH]c12)C1CC1. The molecule has 2 aromatic heterocycles. The van der Waals surface area contributed by atoms with Crippen molar-refractivity contribution in [3.8, 4) is 11.3 Å². The summed E-state index contributed by atoms with van der Waals surface area (Å²) in [4.78, 5) is 8.30. The fourth-order valence-electron chi connectivity index (χ4n) is 3.68. The molecule has 0 spiro atoms. The van der Waals surface area contributed by atoms with Crippen molar-refractivity contribution in [1.82, 2.24) is 20.2 Å². The van der Waals surface area contributed by atoms with Gasteiger partial charge in [-0.25, -0.2) is 4.98 Å². The molecule has 1 saturated carbocycles. The van der Waals surface area contributed by atoms with Gasteiger partial charge < -0.3 is 4.98 Å². The monoisotopic (exact) mass is 388 g/mol. The van der Waals surface area contributed by atoms with E-state index >= 15 is 0 Å². The maximum absolute atomic E-state index is 6.43. The van der Waals surface area contributed by atoms with Crippen LogP contribution in [0.4, 0.5) is 0 Å². The molecule has 1 atom stereocenters. The minimum absolute atomic E-state index is 0.454. The number of aromatic amines is 1. The molecule has 1 fully saturated rings. The van der Waals surface area contributed by atoms with E-state index in [9.17, 15) is 0 Å². The summed E-state index contributed by atoms with van der Waals surface area (Å²) in [7, 11) is 0. The molecule has 4 rings (SSSR count). The Balaban J connectivity index is 1.91. The molecule has 2 heterocycles. The zero-order valence-electron chi connectivity index (χ0n) is 15.0. The average molecular weight is 389 g/mol. The molecule has 26 heavy (non-hydrogen) atoms. The largest absolute Gasteiger partial charge is 0.340 e. The second kappa shape index (κ2) is 7.16. The zero-order chi connectivity index (χ0) is 18.3. The van der Waals surface area contributed by atoms with Gasteiger partial charge in [0.1, 0.15) is 17.0 Å². The highest BCUT2D eigenvalue weighted by atomic mass is 35.5. The highest BCUT2D eigenvalue weighted by Crippen LogP contribution is 2.46. The van der Waals surface area contributed by atoms with Crippen LogP contribution in [0.3, 0.4) is 0 Å². The standard InChI is InChI=1S/C20H22Cl2N4/c1-3-5-13(11-6-7-11)17-19-20(24-16(4-2)23-19)18(26-25-17)14-9-8-12(21)10-15(14)22/h8-11,13H,3-7H2,1-2H3,(H,23,24). The summed E-state index contributed by atoms with van der Waals surface area (Å²) in [5.41, 5.74) is 4.46. The van der Waals surface area contributed by atoms with Crippen LogP contribution in [0, 0.1) is 5.92 Å². The van der Waals surface area contributed by atoms with Crippen LogP contribution in [-0.4, -0.2) is 20.2 Å². The zero-order valence-corrected chi connectivity index (χ0v) is 16.5. The Morgan fingerprint density at radius 2 is 2.00 bits per heavy atom. The summed E-state index contributed by atoms with van der Waals surface area (Å²) < 4.78 is 0. The molecule has 0 radical (unpaired) electrons.